The van der Waals surface area contributed by atoms with Gasteiger partial charge >= 0.3 is 17.9 Å². The van der Waals surface area contributed by atoms with Crippen LogP contribution >= 0.6 is 24.6 Å². The van der Waals surface area contributed by atoms with Crippen molar-refractivity contribution in [3.8, 4) is 0 Å². The van der Waals surface area contributed by atoms with Crippen LogP contribution < -0.4 is 16.4 Å². The minimum Gasteiger partial charge on any atom is -0.480 e. The summed E-state index contributed by atoms with van der Waals surface area (Å²) >= 11 is 4.78. The van der Waals surface area contributed by atoms with Crippen LogP contribution in [0.4, 0.5) is 5.69 Å². The number of benzene rings is 2. The number of anilines is 1. The van der Waals surface area contributed by atoms with Gasteiger partial charge in [-0.3, -0.25) is 28.3 Å². The fourth-order valence-electron chi connectivity index (χ4n) is 3.17. The Morgan fingerprint density at radius 2 is 1.70 bits per heavy atom. The number of nitrogens with zero attached hydrogens (tertiary/aromatic N) is 1. The molecule has 0 saturated heterocycles. The van der Waals surface area contributed by atoms with Gasteiger partial charge in [0.1, 0.15) is 18.6 Å². The van der Waals surface area contributed by atoms with Crippen molar-refractivity contribution in [1.82, 2.24) is 9.62 Å². The van der Waals surface area contributed by atoms with E-state index in [2.05, 4.69) is 28.0 Å². The number of ether oxygens (including phenoxy) is 1. The maximum atomic E-state index is 13.2. The van der Waals surface area contributed by atoms with Crippen LogP contribution in [0.15, 0.2) is 53.4 Å². The maximum absolute atomic E-state index is 13.2. The number of methoxy groups -OCH3 is 1. The molecule has 0 saturated carbocycles. The number of nitrogens with one attached hydrogen (secondary N) is 2. The van der Waals surface area contributed by atoms with Crippen LogP contribution in [-0.4, -0.2) is 81.6 Å². The summed E-state index contributed by atoms with van der Waals surface area (Å²) in [4.78, 5) is 72.8. The number of hydrogen-bond donors (Lipinski definition) is 6. The zero-order chi connectivity index (χ0) is 29.8. The number of esters is 1. The molecule has 2 aromatic carbocycles. The highest BCUT2D eigenvalue weighted by Gasteiger charge is 2.29. The van der Waals surface area contributed by atoms with E-state index in [-0.39, 0.29) is 34.6 Å². The quantitative estimate of drug-likeness (QED) is 0.105. The number of amides is 3. The molecule has 1 unspecified atom stereocenters. The van der Waals surface area contributed by atoms with Crippen LogP contribution in [0.2, 0.25) is 0 Å². The van der Waals surface area contributed by atoms with Gasteiger partial charge in [-0.15, -0.1) is 0 Å². The third-order valence-corrected chi connectivity index (χ3v) is 6.69. The van der Waals surface area contributed by atoms with Crippen molar-refractivity contribution in [2.75, 3.05) is 24.7 Å². The molecule has 0 aliphatic carbocycles. The largest absolute Gasteiger partial charge is 0.480 e. The Hall–Kier alpha value is -4.08. The summed E-state index contributed by atoms with van der Waals surface area (Å²) in [6.45, 7) is -0.765. The summed E-state index contributed by atoms with van der Waals surface area (Å²) in [6.07, 6.45) is -0.448. The van der Waals surface area contributed by atoms with Crippen molar-refractivity contribution >= 4 is 65.9 Å². The van der Waals surface area contributed by atoms with E-state index in [1.165, 1.54) is 43.5 Å². The number of rotatable bonds is 14. The molecule has 2 aromatic rings. The summed E-state index contributed by atoms with van der Waals surface area (Å²) in [5.74, 6) is -5.37. The molecular weight excluding hydrogens is 564 g/mol. The van der Waals surface area contributed by atoms with E-state index in [1.807, 2.05) is 0 Å². The van der Waals surface area contributed by atoms with E-state index in [1.54, 1.807) is 12.1 Å². The lowest BCUT2D eigenvalue weighted by Gasteiger charge is -2.25. The Labute approximate surface area is 239 Å². The maximum Gasteiger partial charge on any atom is 0.337 e. The highest BCUT2D eigenvalue weighted by atomic mass is 32.2. The third-order valence-electron chi connectivity index (χ3n) is 5.24. The van der Waals surface area contributed by atoms with Crippen LogP contribution in [0.5, 0.6) is 0 Å². The Morgan fingerprint density at radius 3 is 2.27 bits per heavy atom. The third kappa shape index (κ3) is 9.59. The average molecular weight is 593 g/mol. The first-order valence-electron chi connectivity index (χ1n) is 11.6. The van der Waals surface area contributed by atoms with Crippen LogP contribution in [0.1, 0.15) is 33.6 Å². The Balaban J connectivity index is 2.19. The Kier molecular flexibility index (Phi) is 12.4. The molecule has 214 valence electrons. The first-order chi connectivity index (χ1) is 19.0. The van der Waals surface area contributed by atoms with Crippen LogP contribution in [0.25, 0.3) is 0 Å². The monoisotopic (exact) mass is 592 g/mol. The number of hydrogen-bond acceptors (Lipinski definition) is 10. The van der Waals surface area contributed by atoms with Gasteiger partial charge in [-0.25, -0.2) is 4.79 Å². The molecule has 0 radical (unpaired) electrons. The van der Waals surface area contributed by atoms with Gasteiger partial charge in [0.2, 0.25) is 5.91 Å². The number of carboxylic acids is 2. The molecule has 40 heavy (non-hydrogen) atoms. The molecule has 6 N–H and O–H groups in total. The van der Waals surface area contributed by atoms with Gasteiger partial charge in [0, 0.05) is 22.8 Å². The van der Waals surface area contributed by atoms with Crippen molar-refractivity contribution in [3.05, 3.63) is 59.7 Å². The predicted molar refractivity (Wildman–Crippen MR) is 148 cm³/mol. The minimum absolute atomic E-state index is 0.127. The molecule has 3 amide bonds. The van der Waals surface area contributed by atoms with Gasteiger partial charge < -0.3 is 31.3 Å². The molecule has 2 rings (SSSR count). The van der Waals surface area contributed by atoms with Gasteiger partial charge in [0.25, 0.3) is 11.8 Å². The Bertz CT molecular complexity index is 1260. The summed E-state index contributed by atoms with van der Waals surface area (Å²) < 4.78 is 5.52. The van der Waals surface area contributed by atoms with E-state index in [9.17, 15) is 33.9 Å². The molecule has 0 fully saturated rings. The fraction of sp³-hybridized carbons (Fsp3) is 0.280. The van der Waals surface area contributed by atoms with Crippen molar-refractivity contribution in [2.45, 2.75) is 29.8 Å². The smallest absolute Gasteiger partial charge is 0.337 e. The minimum atomic E-state index is -1.34. The first kappa shape index (κ1) is 32.1. The first-order valence-corrected chi connectivity index (χ1v) is 13.1. The lowest BCUT2D eigenvalue weighted by Crippen LogP contribution is -2.49. The summed E-state index contributed by atoms with van der Waals surface area (Å²) in [5.41, 5.74) is 6.18. The lowest BCUT2D eigenvalue weighted by molar-refractivity contribution is -0.141. The SMILES string of the molecule is COC(=O)c1ccc(NC(=O)c2ccccc2SN(CC(=O)O)C(=O)[C@@H](CS)NC(=O)CCC(N)C(=O)O)cc1. The molecule has 0 bridgehead atoms. The van der Waals surface area contributed by atoms with Crippen molar-refractivity contribution in [3.63, 3.8) is 0 Å². The molecule has 0 aliphatic heterocycles. The lowest BCUT2D eigenvalue weighted by atomic mass is 10.1. The van der Waals surface area contributed by atoms with E-state index in [0.29, 0.717) is 17.6 Å². The number of carboxylic acid groups (broad SMARTS) is 2. The fourth-order valence-corrected chi connectivity index (χ4v) is 4.45. The molecule has 0 spiro atoms. The van der Waals surface area contributed by atoms with Gasteiger partial charge in [0.05, 0.1) is 18.2 Å². The Morgan fingerprint density at radius 1 is 1.05 bits per heavy atom. The van der Waals surface area contributed by atoms with Crippen LogP contribution in [0, 0.1) is 0 Å². The zero-order valence-corrected chi connectivity index (χ0v) is 22.9. The molecule has 0 aliphatic rings. The molecule has 0 aromatic heterocycles. The second kappa shape index (κ2) is 15.5. The topological polar surface area (TPSA) is 205 Å². The number of nitrogens with two attached hydrogens (primary N) is 1. The second-order valence-electron chi connectivity index (χ2n) is 8.17. The summed E-state index contributed by atoms with van der Waals surface area (Å²) in [6, 6.07) is 9.62. The number of carbonyl (C=O) groups is 6. The van der Waals surface area contributed by atoms with E-state index in [4.69, 9.17) is 10.8 Å². The van der Waals surface area contributed by atoms with Crippen LogP contribution in [0.3, 0.4) is 0 Å². The number of carbonyl (C=O) groups excluding carboxylic acids is 4. The van der Waals surface area contributed by atoms with E-state index in [0.717, 1.165) is 4.31 Å². The zero-order valence-electron chi connectivity index (χ0n) is 21.2. The second-order valence-corrected chi connectivity index (χ2v) is 9.59. The normalized spacial score (nSPS) is 12.0. The predicted octanol–water partition coefficient (Wildman–Crippen LogP) is 1.25. The highest BCUT2D eigenvalue weighted by Crippen LogP contribution is 2.28. The molecule has 15 heteroatoms. The number of thiol groups is 1. The van der Waals surface area contributed by atoms with Gasteiger partial charge in [-0.1, -0.05) is 12.1 Å². The molecule has 0 heterocycles. The van der Waals surface area contributed by atoms with E-state index < -0.39 is 54.3 Å². The van der Waals surface area contributed by atoms with Crippen molar-refractivity contribution in [2.24, 2.45) is 5.73 Å². The van der Waals surface area contributed by atoms with Crippen molar-refractivity contribution < 1.29 is 43.7 Å². The van der Waals surface area contributed by atoms with Crippen molar-refractivity contribution in [1.29, 1.82) is 0 Å². The van der Waals surface area contributed by atoms with Gasteiger partial charge in [0.15, 0.2) is 0 Å². The average Bonchev–Trinajstić information content (AvgIpc) is 2.93. The molecule has 2 atom stereocenters. The van der Waals surface area contributed by atoms with E-state index >= 15 is 0 Å². The molecular formula is C25H28N4O9S2. The standard InChI is InChI=1S/C25H28N4O9S2/c1-38-25(37)14-6-8-15(9-7-14)27-22(33)16-4-2-3-5-19(16)40-29(12-21(31)32)23(34)18(13-39)28-20(30)11-10-17(26)24(35)36/h2-9,17-18,39H,10-13,26H2,1H3,(H,27,33)(H,28,30)(H,31,32)(H,35,36)/t17?,18-/m1/s1. The van der Waals surface area contributed by atoms with Gasteiger partial charge in [-0.2, -0.15) is 12.6 Å². The summed E-state index contributed by atoms with van der Waals surface area (Å²) in [7, 11) is 1.25. The van der Waals surface area contributed by atoms with Crippen LogP contribution in [-0.2, 0) is 23.9 Å². The molecule has 13 nitrogen and oxygen atoms in total. The van der Waals surface area contributed by atoms with Gasteiger partial charge in [-0.05, 0) is 54.8 Å². The highest BCUT2D eigenvalue weighted by molar-refractivity contribution is 7.97. The number of aliphatic carboxylic acids is 2. The summed E-state index contributed by atoms with van der Waals surface area (Å²) in [5, 5.41) is 23.3.